The first-order valence-electron chi connectivity index (χ1n) is 10.3. The lowest BCUT2D eigenvalue weighted by molar-refractivity contribution is -0.385. The van der Waals surface area contributed by atoms with Crippen molar-refractivity contribution in [1.29, 1.82) is 0 Å². The van der Waals surface area contributed by atoms with Crippen LogP contribution in [0.25, 0.3) is 0 Å². The number of nitrogens with one attached hydrogen (secondary N) is 2. The third-order valence-corrected chi connectivity index (χ3v) is 5.03. The van der Waals surface area contributed by atoms with Crippen molar-refractivity contribution in [1.82, 2.24) is 15.5 Å². The Morgan fingerprint density at radius 3 is 2.67 bits per heavy atom. The summed E-state index contributed by atoms with van der Waals surface area (Å²) >= 11 is 0. The number of hydrogen-bond acceptors (Lipinski definition) is 6. The summed E-state index contributed by atoms with van der Waals surface area (Å²) in [6.45, 7) is 9.43. The number of nitrogens with zero attached hydrogens (tertiary/aromatic N) is 2. The van der Waals surface area contributed by atoms with Crippen LogP contribution < -0.4 is 10.6 Å². The highest BCUT2D eigenvalue weighted by Gasteiger charge is 2.29. The number of piperidine rings is 1. The summed E-state index contributed by atoms with van der Waals surface area (Å²) in [5.41, 5.74) is 0.379. The van der Waals surface area contributed by atoms with Gasteiger partial charge in [-0.3, -0.25) is 19.8 Å². The molecule has 1 saturated heterocycles. The molecule has 2 rings (SSSR count). The standard InChI is InChI=1S/C21H32N4O5/c1-15(16-7-5-9-18(13-16)25(28)29)24-12-6-8-17(14-24)19(26)22-10-11-23-20(27)30-21(2,3)4/h5,7,9,13,15,17H,6,8,10-12,14H2,1-4H3,(H,22,26)(H,23,27). The van der Waals surface area contributed by atoms with E-state index in [2.05, 4.69) is 15.5 Å². The van der Waals surface area contributed by atoms with E-state index in [4.69, 9.17) is 4.74 Å². The molecule has 0 radical (unpaired) electrons. The lowest BCUT2D eigenvalue weighted by Gasteiger charge is -2.36. The predicted octanol–water partition coefficient (Wildman–Crippen LogP) is 3.01. The molecule has 1 aliphatic rings. The fraction of sp³-hybridized carbons (Fsp3) is 0.619. The molecule has 2 amide bonds. The first-order chi connectivity index (χ1) is 14.1. The molecule has 2 unspecified atom stereocenters. The Balaban J connectivity index is 1.82. The summed E-state index contributed by atoms with van der Waals surface area (Å²) < 4.78 is 5.16. The van der Waals surface area contributed by atoms with Gasteiger partial charge in [-0.2, -0.15) is 0 Å². The second-order valence-electron chi connectivity index (χ2n) is 8.58. The number of benzene rings is 1. The number of amides is 2. The van der Waals surface area contributed by atoms with E-state index in [9.17, 15) is 19.7 Å². The van der Waals surface area contributed by atoms with E-state index in [0.29, 0.717) is 19.6 Å². The van der Waals surface area contributed by atoms with Gasteiger partial charge in [-0.05, 0) is 52.6 Å². The monoisotopic (exact) mass is 420 g/mol. The SMILES string of the molecule is CC(c1cccc([N+](=O)[O-])c1)N1CCCC(C(=O)NCCNC(=O)OC(C)(C)C)C1. The summed E-state index contributed by atoms with van der Waals surface area (Å²) in [6, 6.07) is 6.62. The number of rotatable bonds is 7. The molecule has 1 fully saturated rings. The minimum absolute atomic E-state index is 0.0191. The molecule has 166 valence electrons. The molecular weight excluding hydrogens is 388 g/mol. The normalized spacial score (nSPS) is 18.3. The maximum atomic E-state index is 12.5. The first kappa shape index (κ1) is 23.6. The first-order valence-corrected chi connectivity index (χ1v) is 10.3. The average molecular weight is 421 g/mol. The van der Waals surface area contributed by atoms with Crippen LogP contribution >= 0.6 is 0 Å². The fourth-order valence-electron chi connectivity index (χ4n) is 3.49. The highest BCUT2D eigenvalue weighted by atomic mass is 16.6. The lowest BCUT2D eigenvalue weighted by Crippen LogP contribution is -2.45. The van der Waals surface area contributed by atoms with Gasteiger partial charge < -0.3 is 15.4 Å². The molecule has 2 N–H and O–H groups in total. The number of likely N-dealkylation sites (tertiary alicyclic amines) is 1. The third kappa shape index (κ3) is 7.29. The Morgan fingerprint density at radius 2 is 2.00 bits per heavy atom. The van der Waals surface area contributed by atoms with Crippen molar-refractivity contribution in [3.8, 4) is 0 Å². The van der Waals surface area contributed by atoms with E-state index in [0.717, 1.165) is 24.9 Å². The van der Waals surface area contributed by atoms with Crippen LogP contribution in [0, 0.1) is 16.0 Å². The highest BCUT2D eigenvalue weighted by Crippen LogP contribution is 2.28. The molecule has 1 heterocycles. The molecule has 0 aliphatic carbocycles. The van der Waals surface area contributed by atoms with E-state index in [-0.39, 0.29) is 23.6 Å². The molecule has 0 aromatic heterocycles. The molecule has 1 aromatic rings. The number of nitro benzene ring substituents is 1. The van der Waals surface area contributed by atoms with Gasteiger partial charge in [0.1, 0.15) is 5.60 Å². The van der Waals surface area contributed by atoms with Crippen LogP contribution in [0.3, 0.4) is 0 Å². The number of ether oxygens (including phenoxy) is 1. The molecule has 0 saturated carbocycles. The van der Waals surface area contributed by atoms with Crippen molar-refractivity contribution < 1.29 is 19.2 Å². The molecule has 1 aromatic carbocycles. The van der Waals surface area contributed by atoms with Crippen molar-refractivity contribution in [2.45, 2.75) is 52.2 Å². The summed E-state index contributed by atoms with van der Waals surface area (Å²) in [7, 11) is 0. The van der Waals surface area contributed by atoms with Gasteiger partial charge >= 0.3 is 6.09 Å². The number of alkyl carbamates (subject to hydrolysis) is 1. The lowest BCUT2D eigenvalue weighted by atomic mass is 9.94. The van der Waals surface area contributed by atoms with Crippen LogP contribution in [-0.2, 0) is 9.53 Å². The van der Waals surface area contributed by atoms with Gasteiger partial charge in [-0.15, -0.1) is 0 Å². The Kier molecular flexibility index (Phi) is 8.16. The second kappa shape index (κ2) is 10.4. The molecule has 0 bridgehead atoms. The highest BCUT2D eigenvalue weighted by molar-refractivity contribution is 5.79. The zero-order valence-electron chi connectivity index (χ0n) is 18.1. The molecule has 0 spiro atoms. The molecule has 30 heavy (non-hydrogen) atoms. The third-order valence-electron chi connectivity index (χ3n) is 5.03. The maximum Gasteiger partial charge on any atom is 0.407 e. The molecule has 1 aliphatic heterocycles. The summed E-state index contributed by atoms with van der Waals surface area (Å²) in [4.78, 5) is 37.0. The van der Waals surface area contributed by atoms with Crippen molar-refractivity contribution >= 4 is 17.7 Å². The Labute approximate surface area is 177 Å². The summed E-state index contributed by atoms with van der Waals surface area (Å²) in [5.74, 6) is -0.196. The number of carbonyl (C=O) groups is 2. The van der Waals surface area contributed by atoms with Crippen LogP contribution in [0.5, 0.6) is 0 Å². The van der Waals surface area contributed by atoms with Gasteiger partial charge in [-0.1, -0.05) is 12.1 Å². The van der Waals surface area contributed by atoms with Gasteiger partial charge in [0.2, 0.25) is 5.91 Å². The van der Waals surface area contributed by atoms with Gasteiger partial charge in [0.25, 0.3) is 5.69 Å². The summed E-state index contributed by atoms with van der Waals surface area (Å²) in [5, 5.41) is 16.5. The van der Waals surface area contributed by atoms with Crippen LogP contribution in [0.4, 0.5) is 10.5 Å². The Bertz CT molecular complexity index is 762. The number of hydrogen-bond donors (Lipinski definition) is 2. The molecular formula is C21H32N4O5. The van der Waals surface area contributed by atoms with Crippen molar-refractivity contribution in [2.75, 3.05) is 26.2 Å². The van der Waals surface area contributed by atoms with Crippen LogP contribution in [0.1, 0.15) is 52.1 Å². The minimum atomic E-state index is -0.561. The van der Waals surface area contributed by atoms with Crippen LogP contribution in [-0.4, -0.2) is 53.6 Å². The summed E-state index contributed by atoms with van der Waals surface area (Å²) in [6.07, 6.45) is 1.17. The quantitative estimate of drug-likeness (QED) is 0.398. The zero-order valence-corrected chi connectivity index (χ0v) is 18.1. The largest absolute Gasteiger partial charge is 0.444 e. The van der Waals surface area contributed by atoms with Gasteiger partial charge in [0.15, 0.2) is 0 Å². The second-order valence-corrected chi connectivity index (χ2v) is 8.58. The molecule has 9 nitrogen and oxygen atoms in total. The van der Waals surface area contributed by atoms with E-state index in [1.807, 2.05) is 13.0 Å². The maximum absolute atomic E-state index is 12.5. The number of non-ortho nitro benzene ring substituents is 1. The molecule has 2 atom stereocenters. The topological polar surface area (TPSA) is 114 Å². The number of nitro groups is 1. The van der Waals surface area contributed by atoms with E-state index >= 15 is 0 Å². The van der Waals surface area contributed by atoms with E-state index < -0.39 is 16.6 Å². The van der Waals surface area contributed by atoms with Crippen LogP contribution in [0.2, 0.25) is 0 Å². The van der Waals surface area contributed by atoms with Gasteiger partial charge in [0.05, 0.1) is 10.8 Å². The van der Waals surface area contributed by atoms with Crippen molar-refractivity contribution in [3.63, 3.8) is 0 Å². The number of carbonyl (C=O) groups excluding carboxylic acids is 2. The average Bonchev–Trinajstić information content (AvgIpc) is 2.69. The minimum Gasteiger partial charge on any atom is -0.444 e. The smallest absolute Gasteiger partial charge is 0.407 e. The predicted molar refractivity (Wildman–Crippen MR) is 113 cm³/mol. The fourth-order valence-corrected chi connectivity index (χ4v) is 3.49. The van der Waals surface area contributed by atoms with Crippen molar-refractivity contribution in [3.05, 3.63) is 39.9 Å². The van der Waals surface area contributed by atoms with E-state index in [1.54, 1.807) is 32.9 Å². The Hall–Kier alpha value is -2.68. The van der Waals surface area contributed by atoms with E-state index in [1.165, 1.54) is 6.07 Å². The van der Waals surface area contributed by atoms with Crippen LogP contribution in [0.15, 0.2) is 24.3 Å². The van der Waals surface area contributed by atoms with Gasteiger partial charge in [0, 0.05) is 37.8 Å². The van der Waals surface area contributed by atoms with Crippen molar-refractivity contribution in [2.24, 2.45) is 5.92 Å². The zero-order chi connectivity index (χ0) is 22.3. The molecule has 9 heteroatoms. The Morgan fingerprint density at radius 1 is 1.30 bits per heavy atom. The van der Waals surface area contributed by atoms with Gasteiger partial charge in [-0.25, -0.2) is 4.79 Å².